The monoisotopic (exact) mass is 352 g/mol. The summed E-state index contributed by atoms with van der Waals surface area (Å²) >= 11 is 1.35. The van der Waals surface area contributed by atoms with Gasteiger partial charge in [0.15, 0.2) is 5.13 Å². The summed E-state index contributed by atoms with van der Waals surface area (Å²) in [6.45, 7) is 1.81. The second kappa shape index (κ2) is 7.67. The van der Waals surface area contributed by atoms with E-state index in [1.807, 2.05) is 29.6 Å². The Kier molecular flexibility index (Phi) is 5.15. The minimum atomic E-state index is -0.244. The summed E-state index contributed by atoms with van der Waals surface area (Å²) in [4.78, 5) is 31.9. The average Bonchev–Trinajstić information content (AvgIpc) is 3.11. The van der Waals surface area contributed by atoms with Crippen molar-refractivity contribution in [2.45, 2.75) is 13.3 Å². The van der Waals surface area contributed by atoms with Crippen LogP contribution in [-0.2, 0) is 4.79 Å². The number of pyridine rings is 1. The summed E-state index contributed by atoms with van der Waals surface area (Å²) in [5.74, 6) is -0.270. The molecule has 0 atom stereocenters. The molecule has 0 spiro atoms. The Labute approximate surface area is 149 Å². The van der Waals surface area contributed by atoms with E-state index < -0.39 is 0 Å². The van der Waals surface area contributed by atoms with E-state index in [-0.39, 0.29) is 11.8 Å². The number of anilines is 2. The maximum atomic E-state index is 12.1. The van der Waals surface area contributed by atoms with Gasteiger partial charge in [-0.1, -0.05) is 19.1 Å². The van der Waals surface area contributed by atoms with Crippen molar-refractivity contribution in [3.63, 3.8) is 0 Å². The number of carbonyl (C=O) groups excluding carboxylic acids is 2. The van der Waals surface area contributed by atoms with Gasteiger partial charge in [0.1, 0.15) is 0 Å². The molecule has 0 saturated carbocycles. The molecule has 0 aliphatic carbocycles. The Morgan fingerprint density at radius 2 is 1.92 bits per heavy atom. The van der Waals surface area contributed by atoms with Gasteiger partial charge in [-0.05, 0) is 24.3 Å². The van der Waals surface area contributed by atoms with Crippen LogP contribution >= 0.6 is 11.3 Å². The van der Waals surface area contributed by atoms with Crippen LogP contribution in [0.3, 0.4) is 0 Å². The molecule has 3 aromatic rings. The van der Waals surface area contributed by atoms with Gasteiger partial charge >= 0.3 is 0 Å². The van der Waals surface area contributed by atoms with Gasteiger partial charge in [-0.3, -0.25) is 19.9 Å². The summed E-state index contributed by atoms with van der Waals surface area (Å²) in [6, 6.07) is 10.8. The fourth-order valence-electron chi connectivity index (χ4n) is 2.10. The van der Waals surface area contributed by atoms with Crippen LogP contribution in [0.1, 0.15) is 23.7 Å². The van der Waals surface area contributed by atoms with Crippen LogP contribution in [-0.4, -0.2) is 21.8 Å². The largest absolute Gasteiger partial charge is 0.326 e. The molecule has 1 aromatic carbocycles. The van der Waals surface area contributed by atoms with Crippen LogP contribution in [0.15, 0.2) is 54.2 Å². The van der Waals surface area contributed by atoms with E-state index in [2.05, 4.69) is 20.6 Å². The molecule has 0 aliphatic rings. The topological polar surface area (TPSA) is 84.0 Å². The average molecular weight is 352 g/mol. The Hall–Kier alpha value is -3.06. The number of amides is 2. The molecule has 6 nitrogen and oxygen atoms in total. The molecule has 25 heavy (non-hydrogen) atoms. The van der Waals surface area contributed by atoms with Crippen molar-refractivity contribution in [1.29, 1.82) is 0 Å². The van der Waals surface area contributed by atoms with Crippen molar-refractivity contribution in [3.8, 4) is 11.3 Å². The van der Waals surface area contributed by atoms with Crippen LogP contribution in [0, 0.1) is 0 Å². The van der Waals surface area contributed by atoms with Crippen molar-refractivity contribution in [2.75, 3.05) is 10.6 Å². The lowest BCUT2D eigenvalue weighted by atomic mass is 10.1. The van der Waals surface area contributed by atoms with Crippen molar-refractivity contribution >= 4 is 34.0 Å². The smallest absolute Gasteiger partial charge is 0.259 e. The molecule has 2 N–H and O–H groups in total. The van der Waals surface area contributed by atoms with Gasteiger partial charge in [0.05, 0.1) is 11.3 Å². The van der Waals surface area contributed by atoms with Gasteiger partial charge in [0.25, 0.3) is 5.91 Å². The van der Waals surface area contributed by atoms with E-state index in [0.717, 1.165) is 16.9 Å². The van der Waals surface area contributed by atoms with E-state index in [0.29, 0.717) is 17.1 Å². The second-order valence-electron chi connectivity index (χ2n) is 5.21. The van der Waals surface area contributed by atoms with Crippen LogP contribution in [0.4, 0.5) is 10.8 Å². The minimum Gasteiger partial charge on any atom is -0.326 e. The third-order valence-electron chi connectivity index (χ3n) is 3.43. The molecule has 2 amide bonds. The SMILES string of the molecule is CCC(=O)Nc1ccc(-c2csc(NC(=O)c3cccnc3)n2)cc1. The number of hydrogen-bond acceptors (Lipinski definition) is 5. The zero-order chi connectivity index (χ0) is 17.6. The number of nitrogens with zero attached hydrogens (tertiary/aromatic N) is 2. The first-order valence-electron chi connectivity index (χ1n) is 7.73. The highest BCUT2D eigenvalue weighted by molar-refractivity contribution is 7.14. The number of benzene rings is 1. The molecule has 0 aliphatic heterocycles. The van der Waals surface area contributed by atoms with Crippen molar-refractivity contribution in [1.82, 2.24) is 9.97 Å². The van der Waals surface area contributed by atoms with Gasteiger partial charge in [0, 0.05) is 35.4 Å². The van der Waals surface area contributed by atoms with E-state index in [9.17, 15) is 9.59 Å². The summed E-state index contributed by atoms with van der Waals surface area (Å²) in [5.41, 5.74) is 2.90. The second-order valence-corrected chi connectivity index (χ2v) is 6.07. The summed E-state index contributed by atoms with van der Waals surface area (Å²) < 4.78 is 0. The molecule has 0 saturated heterocycles. The van der Waals surface area contributed by atoms with Crippen LogP contribution in [0.5, 0.6) is 0 Å². The lowest BCUT2D eigenvalue weighted by Crippen LogP contribution is -2.11. The number of rotatable bonds is 5. The Balaban J connectivity index is 1.69. The maximum absolute atomic E-state index is 12.1. The Morgan fingerprint density at radius 3 is 2.60 bits per heavy atom. The molecule has 0 unspecified atom stereocenters. The van der Waals surface area contributed by atoms with E-state index in [4.69, 9.17) is 0 Å². The molecule has 2 aromatic heterocycles. The molecule has 3 rings (SSSR count). The quantitative estimate of drug-likeness (QED) is 0.731. The number of aromatic nitrogens is 2. The van der Waals surface area contributed by atoms with Crippen LogP contribution < -0.4 is 10.6 Å². The zero-order valence-electron chi connectivity index (χ0n) is 13.5. The summed E-state index contributed by atoms with van der Waals surface area (Å²) in [7, 11) is 0. The van der Waals surface area contributed by atoms with E-state index in [1.165, 1.54) is 17.5 Å². The summed E-state index contributed by atoms with van der Waals surface area (Å²) in [5, 5.41) is 7.96. The third-order valence-corrected chi connectivity index (χ3v) is 4.19. The van der Waals surface area contributed by atoms with Crippen molar-refractivity contribution in [3.05, 3.63) is 59.7 Å². The van der Waals surface area contributed by atoms with Gasteiger partial charge in [-0.2, -0.15) is 0 Å². The van der Waals surface area contributed by atoms with Gasteiger partial charge in [-0.15, -0.1) is 11.3 Å². The Morgan fingerprint density at radius 1 is 1.12 bits per heavy atom. The lowest BCUT2D eigenvalue weighted by Gasteiger charge is -2.04. The number of hydrogen-bond donors (Lipinski definition) is 2. The molecule has 126 valence electrons. The molecule has 0 bridgehead atoms. The van der Waals surface area contributed by atoms with Crippen molar-refractivity contribution < 1.29 is 9.59 Å². The van der Waals surface area contributed by atoms with Crippen LogP contribution in [0.25, 0.3) is 11.3 Å². The van der Waals surface area contributed by atoms with Gasteiger partial charge < -0.3 is 5.32 Å². The van der Waals surface area contributed by atoms with E-state index >= 15 is 0 Å². The van der Waals surface area contributed by atoms with Crippen LogP contribution in [0.2, 0.25) is 0 Å². The molecule has 0 radical (unpaired) electrons. The minimum absolute atomic E-state index is 0.0261. The van der Waals surface area contributed by atoms with Crippen molar-refractivity contribution in [2.24, 2.45) is 0 Å². The maximum Gasteiger partial charge on any atom is 0.259 e. The number of thiazole rings is 1. The first kappa shape index (κ1) is 16.8. The number of carbonyl (C=O) groups is 2. The molecule has 0 fully saturated rings. The highest BCUT2D eigenvalue weighted by atomic mass is 32.1. The highest BCUT2D eigenvalue weighted by Crippen LogP contribution is 2.26. The first-order chi connectivity index (χ1) is 12.2. The number of nitrogens with one attached hydrogen (secondary N) is 2. The zero-order valence-corrected chi connectivity index (χ0v) is 14.3. The first-order valence-corrected chi connectivity index (χ1v) is 8.61. The molecule has 2 heterocycles. The Bertz CT molecular complexity index is 876. The molecule has 7 heteroatoms. The highest BCUT2D eigenvalue weighted by Gasteiger charge is 2.10. The van der Waals surface area contributed by atoms with E-state index in [1.54, 1.807) is 25.3 Å². The van der Waals surface area contributed by atoms with Gasteiger partial charge in [-0.25, -0.2) is 4.98 Å². The fourth-order valence-corrected chi connectivity index (χ4v) is 2.82. The standard InChI is InChI=1S/C18H16N4O2S/c1-2-16(23)20-14-7-5-12(6-8-14)15-11-25-18(21-15)22-17(24)13-4-3-9-19-10-13/h3-11H,2H2,1H3,(H,20,23)(H,21,22,24). The fraction of sp³-hybridized carbons (Fsp3) is 0.111. The third kappa shape index (κ3) is 4.27. The predicted molar refractivity (Wildman–Crippen MR) is 98.7 cm³/mol. The predicted octanol–water partition coefficient (Wildman–Crippen LogP) is 3.81. The molecular formula is C18H16N4O2S. The van der Waals surface area contributed by atoms with Gasteiger partial charge in [0.2, 0.25) is 5.91 Å². The summed E-state index contributed by atoms with van der Waals surface area (Å²) in [6.07, 6.45) is 3.56. The molecular weight excluding hydrogens is 336 g/mol. The lowest BCUT2D eigenvalue weighted by molar-refractivity contribution is -0.115. The normalized spacial score (nSPS) is 10.3.